The number of rotatable bonds is 5. The van der Waals surface area contributed by atoms with Crippen molar-refractivity contribution in [1.29, 1.82) is 0 Å². The first kappa shape index (κ1) is 14.0. The summed E-state index contributed by atoms with van der Waals surface area (Å²) in [6, 6.07) is 3.80. The molecule has 0 unspecified atom stereocenters. The summed E-state index contributed by atoms with van der Waals surface area (Å²) in [6.07, 6.45) is 3.23. The van der Waals surface area contributed by atoms with Crippen LogP contribution < -0.4 is 5.32 Å². The van der Waals surface area contributed by atoms with Crippen LogP contribution in [0.25, 0.3) is 6.08 Å². The molecule has 1 atom stereocenters. The molecule has 0 bridgehead atoms. The molecule has 0 aliphatic heterocycles. The first-order chi connectivity index (χ1) is 9.08. The molecule has 0 radical (unpaired) electrons. The van der Waals surface area contributed by atoms with Crippen LogP contribution in [0.1, 0.15) is 18.1 Å². The first-order valence-electron chi connectivity index (χ1n) is 5.81. The molecular formula is C14H15NO2S2. The van der Waals surface area contributed by atoms with Gasteiger partial charge in [0.2, 0.25) is 5.91 Å². The predicted molar refractivity (Wildman–Crippen MR) is 80.3 cm³/mol. The summed E-state index contributed by atoms with van der Waals surface area (Å²) in [4.78, 5) is 11.7. The smallest absolute Gasteiger partial charge is 0.244 e. The molecule has 0 saturated heterocycles. The Hall–Kier alpha value is -1.43. The Morgan fingerprint density at radius 1 is 1.37 bits per heavy atom. The summed E-state index contributed by atoms with van der Waals surface area (Å²) < 4.78 is 0. The molecule has 19 heavy (non-hydrogen) atoms. The molecule has 0 aliphatic rings. The molecule has 2 N–H and O–H groups in total. The van der Waals surface area contributed by atoms with Crippen molar-refractivity contribution in [3.8, 4) is 0 Å². The summed E-state index contributed by atoms with van der Waals surface area (Å²) in [7, 11) is 0. The highest BCUT2D eigenvalue weighted by atomic mass is 32.1. The fraction of sp³-hybridized carbons (Fsp3) is 0.214. The van der Waals surface area contributed by atoms with E-state index in [1.165, 1.54) is 17.4 Å². The SMILES string of the molecule is C[C@](O)(CNC(=O)/C=C\c1ccsc1)c1ccsc1. The highest BCUT2D eigenvalue weighted by molar-refractivity contribution is 7.08. The minimum absolute atomic E-state index is 0.191. The molecule has 0 spiro atoms. The Kier molecular flexibility index (Phi) is 4.52. The maximum absolute atomic E-state index is 11.7. The van der Waals surface area contributed by atoms with E-state index in [0.717, 1.165) is 11.1 Å². The van der Waals surface area contributed by atoms with Gasteiger partial charge in [-0.3, -0.25) is 4.79 Å². The minimum Gasteiger partial charge on any atom is -0.384 e. The fourth-order valence-corrected chi connectivity index (χ4v) is 2.94. The number of carbonyl (C=O) groups is 1. The maximum atomic E-state index is 11.7. The van der Waals surface area contributed by atoms with Crippen molar-refractivity contribution < 1.29 is 9.90 Å². The normalized spacial score (nSPS) is 14.4. The third kappa shape index (κ3) is 4.02. The van der Waals surface area contributed by atoms with Crippen LogP contribution in [0.15, 0.2) is 39.7 Å². The minimum atomic E-state index is -1.04. The fourth-order valence-electron chi connectivity index (χ4n) is 1.53. The lowest BCUT2D eigenvalue weighted by atomic mass is 9.99. The molecule has 1 amide bonds. The molecule has 0 fully saturated rings. The van der Waals surface area contributed by atoms with Crippen molar-refractivity contribution in [2.45, 2.75) is 12.5 Å². The largest absolute Gasteiger partial charge is 0.384 e. The standard InChI is InChI=1S/C14H15NO2S2/c1-14(17,12-5-7-19-9-12)10-15-13(16)3-2-11-4-6-18-8-11/h2-9,17H,10H2,1H3,(H,15,16)/b3-2-/t14-/m0/s1. The van der Waals surface area contributed by atoms with E-state index in [1.54, 1.807) is 24.3 Å². The predicted octanol–water partition coefficient (Wildman–Crippen LogP) is 2.85. The van der Waals surface area contributed by atoms with Crippen molar-refractivity contribution >= 4 is 34.7 Å². The van der Waals surface area contributed by atoms with Crippen molar-refractivity contribution in [2.75, 3.05) is 6.54 Å². The van der Waals surface area contributed by atoms with E-state index in [1.807, 2.05) is 33.7 Å². The average Bonchev–Trinajstić information content (AvgIpc) is 3.06. The van der Waals surface area contributed by atoms with Gasteiger partial charge < -0.3 is 10.4 Å². The topological polar surface area (TPSA) is 49.3 Å². The lowest BCUT2D eigenvalue weighted by Gasteiger charge is -2.22. The molecule has 2 aromatic heterocycles. The summed E-state index contributed by atoms with van der Waals surface area (Å²) >= 11 is 3.11. The van der Waals surface area contributed by atoms with Crippen LogP contribution >= 0.6 is 22.7 Å². The van der Waals surface area contributed by atoms with E-state index in [0.29, 0.717) is 0 Å². The van der Waals surface area contributed by atoms with Gasteiger partial charge in [-0.2, -0.15) is 22.7 Å². The summed E-state index contributed by atoms with van der Waals surface area (Å²) in [5.41, 5.74) is 0.788. The Morgan fingerprint density at radius 3 is 2.74 bits per heavy atom. The van der Waals surface area contributed by atoms with Gasteiger partial charge in [-0.15, -0.1) is 0 Å². The molecule has 0 aliphatic carbocycles. The lowest BCUT2D eigenvalue weighted by Crippen LogP contribution is -2.37. The quantitative estimate of drug-likeness (QED) is 0.833. The van der Waals surface area contributed by atoms with Crippen LogP contribution in [0.5, 0.6) is 0 Å². The van der Waals surface area contributed by atoms with Crippen LogP contribution in [0.2, 0.25) is 0 Å². The number of hydrogen-bond donors (Lipinski definition) is 2. The van der Waals surface area contributed by atoms with Crippen LogP contribution in [-0.4, -0.2) is 17.6 Å². The average molecular weight is 293 g/mol. The number of aliphatic hydroxyl groups is 1. The third-order valence-electron chi connectivity index (χ3n) is 2.72. The molecule has 3 nitrogen and oxygen atoms in total. The second-order valence-electron chi connectivity index (χ2n) is 4.39. The second kappa shape index (κ2) is 6.14. The molecule has 2 aromatic rings. The van der Waals surface area contributed by atoms with E-state index >= 15 is 0 Å². The van der Waals surface area contributed by atoms with E-state index in [-0.39, 0.29) is 12.5 Å². The number of carbonyl (C=O) groups excluding carboxylic acids is 1. The first-order valence-corrected chi connectivity index (χ1v) is 7.70. The van der Waals surface area contributed by atoms with Crippen LogP contribution in [-0.2, 0) is 10.4 Å². The molecular weight excluding hydrogens is 278 g/mol. The van der Waals surface area contributed by atoms with Gasteiger partial charge in [0, 0.05) is 6.08 Å². The van der Waals surface area contributed by atoms with Crippen molar-refractivity contribution in [1.82, 2.24) is 5.32 Å². The number of amides is 1. The monoisotopic (exact) mass is 293 g/mol. The van der Waals surface area contributed by atoms with Gasteiger partial charge in [0.1, 0.15) is 5.60 Å². The maximum Gasteiger partial charge on any atom is 0.244 e. The lowest BCUT2D eigenvalue weighted by molar-refractivity contribution is -0.117. The Labute approximate surface area is 120 Å². The van der Waals surface area contributed by atoms with Gasteiger partial charge in [0.15, 0.2) is 0 Å². The van der Waals surface area contributed by atoms with Crippen molar-refractivity contribution in [3.05, 3.63) is 50.9 Å². The van der Waals surface area contributed by atoms with Gasteiger partial charge >= 0.3 is 0 Å². The summed E-state index contributed by atoms with van der Waals surface area (Å²) in [6.45, 7) is 1.88. The van der Waals surface area contributed by atoms with Gasteiger partial charge in [-0.25, -0.2) is 0 Å². The highest BCUT2D eigenvalue weighted by Crippen LogP contribution is 2.21. The highest BCUT2D eigenvalue weighted by Gasteiger charge is 2.23. The van der Waals surface area contributed by atoms with Gasteiger partial charge in [-0.1, -0.05) is 0 Å². The molecule has 2 heterocycles. The van der Waals surface area contributed by atoms with E-state index in [4.69, 9.17) is 0 Å². The zero-order valence-corrected chi connectivity index (χ0v) is 12.1. The number of hydrogen-bond acceptors (Lipinski definition) is 4. The van der Waals surface area contributed by atoms with Gasteiger partial charge in [0.25, 0.3) is 0 Å². The molecule has 100 valence electrons. The number of nitrogens with one attached hydrogen (secondary N) is 1. The zero-order chi connectivity index (χ0) is 13.7. The molecule has 2 rings (SSSR count). The summed E-state index contributed by atoms with van der Waals surface area (Å²) in [5.74, 6) is -0.207. The van der Waals surface area contributed by atoms with E-state index in [9.17, 15) is 9.90 Å². The Balaban J connectivity index is 1.87. The van der Waals surface area contributed by atoms with Crippen LogP contribution in [0.4, 0.5) is 0 Å². The van der Waals surface area contributed by atoms with E-state index < -0.39 is 5.60 Å². The summed E-state index contributed by atoms with van der Waals surface area (Å²) in [5, 5.41) is 20.7. The van der Waals surface area contributed by atoms with Gasteiger partial charge in [0.05, 0.1) is 6.54 Å². The number of thiophene rings is 2. The molecule has 0 saturated carbocycles. The van der Waals surface area contributed by atoms with Crippen LogP contribution in [0.3, 0.4) is 0 Å². The molecule has 0 aromatic carbocycles. The van der Waals surface area contributed by atoms with Crippen LogP contribution in [0, 0.1) is 0 Å². The molecule has 5 heteroatoms. The van der Waals surface area contributed by atoms with Crippen molar-refractivity contribution in [2.24, 2.45) is 0 Å². The third-order valence-corrected chi connectivity index (χ3v) is 4.10. The van der Waals surface area contributed by atoms with E-state index in [2.05, 4.69) is 5.32 Å². The zero-order valence-electron chi connectivity index (χ0n) is 10.5. The Morgan fingerprint density at radius 2 is 2.11 bits per heavy atom. The van der Waals surface area contributed by atoms with Crippen molar-refractivity contribution in [3.63, 3.8) is 0 Å². The Bertz CT molecular complexity index is 542. The van der Waals surface area contributed by atoms with Gasteiger partial charge in [-0.05, 0) is 57.8 Å². The second-order valence-corrected chi connectivity index (χ2v) is 5.95.